The molecule has 1 aliphatic heterocycles. The normalized spacial score (nSPS) is 16.7. The van der Waals surface area contributed by atoms with Crippen molar-refractivity contribution in [2.45, 2.75) is 32.6 Å². The maximum atomic E-state index is 11.3. The van der Waals surface area contributed by atoms with E-state index in [0.717, 1.165) is 25.9 Å². The number of esters is 1. The Morgan fingerprint density at radius 2 is 2.28 bits per heavy atom. The van der Waals surface area contributed by atoms with Gasteiger partial charge in [-0.2, -0.15) is 4.98 Å². The number of aromatic nitrogens is 2. The molecule has 1 aromatic rings. The Kier molecular flexibility index (Phi) is 4.69. The number of hydrogen-bond donors (Lipinski definition) is 1. The molecule has 0 saturated carbocycles. The molecule has 18 heavy (non-hydrogen) atoms. The van der Waals surface area contributed by atoms with E-state index in [9.17, 15) is 4.79 Å². The molecule has 0 aromatic carbocycles. The molecule has 0 spiro atoms. The zero-order chi connectivity index (χ0) is 12.8. The van der Waals surface area contributed by atoms with Crippen molar-refractivity contribution in [1.82, 2.24) is 15.5 Å². The first-order valence-electron chi connectivity index (χ1n) is 6.50. The van der Waals surface area contributed by atoms with Crippen LogP contribution >= 0.6 is 0 Å². The van der Waals surface area contributed by atoms with E-state index in [2.05, 4.69) is 15.5 Å². The van der Waals surface area contributed by atoms with Gasteiger partial charge in [0.25, 0.3) is 5.82 Å². The monoisotopic (exact) mass is 253 g/mol. The molecule has 6 heteroatoms. The minimum atomic E-state index is -0.519. The Hall–Kier alpha value is -1.43. The molecule has 1 N–H and O–H groups in total. The Morgan fingerprint density at radius 1 is 1.50 bits per heavy atom. The Bertz CT molecular complexity index is 386. The third-order valence-corrected chi connectivity index (χ3v) is 3.15. The van der Waals surface area contributed by atoms with Gasteiger partial charge in [-0.25, -0.2) is 4.79 Å². The number of rotatable bonds is 5. The van der Waals surface area contributed by atoms with Crippen LogP contribution < -0.4 is 5.32 Å². The van der Waals surface area contributed by atoms with E-state index in [4.69, 9.17) is 9.26 Å². The zero-order valence-electron chi connectivity index (χ0n) is 10.6. The van der Waals surface area contributed by atoms with E-state index in [1.54, 1.807) is 6.92 Å². The van der Waals surface area contributed by atoms with Gasteiger partial charge in [-0.15, -0.1) is 0 Å². The van der Waals surface area contributed by atoms with Crippen LogP contribution in [0.3, 0.4) is 0 Å². The molecule has 1 fully saturated rings. The second-order valence-electron chi connectivity index (χ2n) is 4.46. The molecule has 2 heterocycles. The summed E-state index contributed by atoms with van der Waals surface area (Å²) >= 11 is 0. The first-order valence-corrected chi connectivity index (χ1v) is 6.50. The highest BCUT2D eigenvalue weighted by molar-refractivity contribution is 5.84. The number of piperidine rings is 1. The molecule has 0 atom stereocenters. The maximum Gasteiger partial charge on any atom is 0.379 e. The fourth-order valence-corrected chi connectivity index (χ4v) is 2.13. The van der Waals surface area contributed by atoms with Crippen LogP contribution in [0.15, 0.2) is 4.52 Å². The van der Waals surface area contributed by atoms with Crippen LogP contribution in [-0.4, -0.2) is 35.8 Å². The minimum Gasteiger partial charge on any atom is -0.460 e. The summed E-state index contributed by atoms with van der Waals surface area (Å²) in [7, 11) is 0. The second-order valence-corrected chi connectivity index (χ2v) is 4.46. The summed E-state index contributed by atoms with van der Waals surface area (Å²) in [6, 6.07) is 0. The molecule has 0 unspecified atom stereocenters. The van der Waals surface area contributed by atoms with Gasteiger partial charge >= 0.3 is 5.97 Å². The largest absolute Gasteiger partial charge is 0.460 e. The number of aryl methyl sites for hydroxylation is 1. The molecule has 1 aliphatic rings. The van der Waals surface area contributed by atoms with Crippen molar-refractivity contribution in [2.75, 3.05) is 19.7 Å². The smallest absolute Gasteiger partial charge is 0.379 e. The average Bonchev–Trinajstić information content (AvgIpc) is 2.87. The van der Waals surface area contributed by atoms with Crippen molar-refractivity contribution < 1.29 is 14.1 Å². The van der Waals surface area contributed by atoms with Gasteiger partial charge in [0.2, 0.25) is 5.89 Å². The zero-order valence-corrected chi connectivity index (χ0v) is 10.6. The standard InChI is InChI=1S/C12H19N3O3/c1-2-17-12(16)11-14-10(18-15-11)4-3-9-5-7-13-8-6-9/h9,13H,2-8H2,1H3. The van der Waals surface area contributed by atoms with Crippen LogP contribution in [0, 0.1) is 5.92 Å². The summed E-state index contributed by atoms with van der Waals surface area (Å²) in [5.74, 6) is 0.743. The predicted molar refractivity (Wildman–Crippen MR) is 64.2 cm³/mol. The van der Waals surface area contributed by atoms with Crippen LogP contribution in [0.4, 0.5) is 0 Å². The van der Waals surface area contributed by atoms with Crippen LogP contribution in [0.25, 0.3) is 0 Å². The lowest BCUT2D eigenvalue weighted by molar-refractivity contribution is 0.0508. The van der Waals surface area contributed by atoms with Crippen molar-refractivity contribution in [2.24, 2.45) is 5.92 Å². The summed E-state index contributed by atoms with van der Waals surface area (Å²) in [5.41, 5.74) is 0. The lowest BCUT2D eigenvalue weighted by Gasteiger charge is -2.21. The van der Waals surface area contributed by atoms with E-state index >= 15 is 0 Å². The molecular weight excluding hydrogens is 234 g/mol. The van der Waals surface area contributed by atoms with Crippen LogP contribution in [0.2, 0.25) is 0 Å². The van der Waals surface area contributed by atoms with Gasteiger partial charge < -0.3 is 14.6 Å². The quantitative estimate of drug-likeness (QED) is 0.794. The highest BCUT2D eigenvalue weighted by Crippen LogP contribution is 2.18. The third kappa shape index (κ3) is 3.53. The molecule has 0 bridgehead atoms. The fraction of sp³-hybridized carbons (Fsp3) is 0.750. The van der Waals surface area contributed by atoms with E-state index in [1.807, 2.05) is 0 Å². The summed E-state index contributed by atoms with van der Waals surface area (Å²) < 4.78 is 9.85. The number of carbonyl (C=O) groups excluding carboxylic acids is 1. The van der Waals surface area contributed by atoms with Crippen molar-refractivity contribution in [1.29, 1.82) is 0 Å². The average molecular weight is 253 g/mol. The number of carbonyl (C=O) groups is 1. The topological polar surface area (TPSA) is 77.2 Å². The molecule has 1 saturated heterocycles. The van der Waals surface area contributed by atoms with Gasteiger partial charge in [0.15, 0.2) is 0 Å². The first-order chi connectivity index (χ1) is 8.79. The highest BCUT2D eigenvalue weighted by atomic mass is 16.5. The van der Waals surface area contributed by atoms with Crippen molar-refractivity contribution in [3.05, 3.63) is 11.7 Å². The van der Waals surface area contributed by atoms with E-state index < -0.39 is 5.97 Å². The lowest BCUT2D eigenvalue weighted by atomic mass is 9.93. The summed E-state index contributed by atoms with van der Waals surface area (Å²) in [5, 5.41) is 6.96. The summed E-state index contributed by atoms with van der Waals surface area (Å²) in [6.07, 6.45) is 4.15. The Balaban J connectivity index is 1.80. The number of ether oxygens (including phenoxy) is 1. The lowest BCUT2D eigenvalue weighted by Crippen LogP contribution is -2.27. The summed E-state index contributed by atoms with van der Waals surface area (Å²) in [4.78, 5) is 15.4. The van der Waals surface area contributed by atoms with E-state index in [1.165, 1.54) is 12.8 Å². The minimum absolute atomic E-state index is 0.0251. The van der Waals surface area contributed by atoms with Crippen molar-refractivity contribution in [3.8, 4) is 0 Å². The SMILES string of the molecule is CCOC(=O)c1noc(CCC2CCNCC2)n1. The van der Waals surface area contributed by atoms with Gasteiger partial charge in [-0.1, -0.05) is 0 Å². The van der Waals surface area contributed by atoms with E-state index in [0.29, 0.717) is 18.4 Å². The number of nitrogens with zero attached hydrogens (tertiary/aromatic N) is 2. The fourth-order valence-electron chi connectivity index (χ4n) is 2.13. The van der Waals surface area contributed by atoms with Gasteiger partial charge in [0.05, 0.1) is 6.61 Å². The van der Waals surface area contributed by atoms with Crippen LogP contribution in [-0.2, 0) is 11.2 Å². The molecule has 1 aromatic heterocycles. The molecule has 0 amide bonds. The maximum absolute atomic E-state index is 11.3. The van der Waals surface area contributed by atoms with E-state index in [-0.39, 0.29) is 5.82 Å². The molecule has 100 valence electrons. The van der Waals surface area contributed by atoms with Gasteiger partial charge in [-0.3, -0.25) is 0 Å². The Morgan fingerprint density at radius 3 is 3.00 bits per heavy atom. The molecule has 2 rings (SSSR count). The molecule has 0 aliphatic carbocycles. The van der Waals surface area contributed by atoms with Crippen LogP contribution in [0.5, 0.6) is 0 Å². The van der Waals surface area contributed by atoms with Crippen LogP contribution in [0.1, 0.15) is 42.7 Å². The predicted octanol–water partition coefficient (Wildman–Crippen LogP) is 1.18. The number of hydrogen-bond acceptors (Lipinski definition) is 6. The van der Waals surface area contributed by atoms with Gasteiger partial charge in [0, 0.05) is 6.42 Å². The molecule has 0 radical (unpaired) electrons. The molecule has 6 nitrogen and oxygen atoms in total. The van der Waals surface area contributed by atoms with Crippen molar-refractivity contribution >= 4 is 5.97 Å². The van der Waals surface area contributed by atoms with Gasteiger partial charge in [0.1, 0.15) is 0 Å². The summed E-state index contributed by atoms with van der Waals surface area (Å²) in [6.45, 7) is 4.24. The van der Waals surface area contributed by atoms with Gasteiger partial charge in [-0.05, 0) is 50.4 Å². The highest BCUT2D eigenvalue weighted by Gasteiger charge is 2.18. The van der Waals surface area contributed by atoms with Crippen molar-refractivity contribution in [3.63, 3.8) is 0 Å². The molecular formula is C12H19N3O3. The number of nitrogens with one attached hydrogen (secondary N) is 1. The first kappa shape index (κ1) is 13.0. The Labute approximate surface area is 106 Å². The third-order valence-electron chi connectivity index (χ3n) is 3.15. The second kappa shape index (κ2) is 6.49.